The zero-order chi connectivity index (χ0) is 11.9. The number of nitrogens with zero attached hydrogens (tertiary/aromatic N) is 1. The van der Waals surface area contributed by atoms with Crippen LogP contribution in [0.2, 0.25) is 0 Å². The van der Waals surface area contributed by atoms with Gasteiger partial charge in [-0.2, -0.15) is 0 Å². The highest BCUT2D eigenvalue weighted by Gasteiger charge is 2.17. The van der Waals surface area contributed by atoms with Crippen LogP contribution in [0.4, 0.5) is 0 Å². The van der Waals surface area contributed by atoms with E-state index < -0.39 is 0 Å². The fraction of sp³-hybridized carbons (Fsp3) is 0.923. The van der Waals surface area contributed by atoms with Crippen molar-refractivity contribution in [3.05, 3.63) is 0 Å². The van der Waals surface area contributed by atoms with Gasteiger partial charge in [0.25, 0.3) is 0 Å². The number of hydrogen-bond donors (Lipinski definition) is 2. The Morgan fingerprint density at radius 3 is 2.33 bits per heavy atom. The summed E-state index contributed by atoms with van der Waals surface area (Å²) in [6.07, 6.45) is 7.58. The number of rotatable bonds is 3. The van der Waals surface area contributed by atoms with Gasteiger partial charge in [-0.3, -0.25) is 9.69 Å². The number of nitrogens with one attached hydrogen (secondary N) is 2. The van der Waals surface area contributed by atoms with E-state index in [2.05, 4.69) is 15.5 Å². The highest BCUT2D eigenvalue weighted by Crippen LogP contribution is 2.17. The minimum Gasteiger partial charge on any atom is -0.352 e. The molecule has 0 bridgehead atoms. The van der Waals surface area contributed by atoms with Crippen molar-refractivity contribution in [2.24, 2.45) is 0 Å². The Morgan fingerprint density at radius 2 is 1.72 bits per heavy atom. The lowest BCUT2D eigenvalue weighted by atomic mass is 10.1. The highest BCUT2D eigenvalue weighted by molar-refractivity contribution is 5.85. The zero-order valence-corrected chi connectivity index (χ0v) is 11.9. The first-order chi connectivity index (χ1) is 8.34. The standard InChI is InChI=1S/C13H25N3O.ClH/c17-13(11-16-9-7-14-8-10-16)15-12-5-3-1-2-4-6-12;/h12,14H,1-11H2,(H,15,17);1H. The molecule has 1 heterocycles. The molecule has 0 aromatic carbocycles. The molecule has 0 aromatic heterocycles. The molecule has 106 valence electrons. The summed E-state index contributed by atoms with van der Waals surface area (Å²) in [7, 11) is 0. The predicted molar refractivity (Wildman–Crippen MR) is 76.2 cm³/mol. The van der Waals surface area contributed by atoms with E-state index >= 15 is 0 Å². The van der Waals surface area contributed by atoms with Gasteiger partial charge in [0.15, 0.2) is 0 Å². The molecular formula is C13H26ClN3O. The molecular weight excluding hydrogens is 250 g/mol. The second kappa shape index (κ2) is 8.73. The zero-order valence-electron chi connectivity index (χ0n) is 11.1. The molecule has 0 spiro atoms. The average molecular weight is 276 g/mol. The number of carbonyl (C=O) groups excluding carboxylic acids is 1. The predicted octanol–water partition coefficient (Wildman–Crippen LogP) is 1.15. The molecule has 2 fully saturated rings. The average Bonchev–Trinajstić information content (AvgIpc) is 2.59. The number of piperazine rings is 1. The molecule has 2 rings (SSSR count). The van der Waals surface area contributed by atoms with Crippen LogP contribution < -0.4 is 10.6 Å². The van der Waals surface area contributed by atoms with Gasteiger partial charge < -0.3 is 10.6 Å². The van der Waals surface area contributed by atoms with Crippen molar-refractivity contribution >= 4 is 18.3 Å². The minimum atomic E-state index is 0. The summed E-state index contributed by atoms with van der Waals surface area (Å²) >= 11 is 0. The van der Waals surface area contributed by atoms with Gasteiger partial charge in [0.05, 0.1) is 6.54 Å². The molecule has 1 aliphatic carbocycles. The lowest BCUT2D eigenvalue weighted by molar-refractivity contribution is -0.123. The lowest BCUT2D eigenvalue weighted by Gasteiger charge is -2.27. The summed E-state index contributed by atoms with van der Waals surface area (Å²) in [4.78, 5) is 14.2. The number of halogens is 1. The Balaban J connectivity index is 0.00000162. The summed E-state index contributed by atoms with van der Waals surface area (Å²) in [5.41, 5.74) is 0. The molecule has 2 N–H and O–H groups in total. The van der Waals surface area contributed by atoms with Crippen LogP contribution in [-0.4, -0.2) is 49.6 Å². The largest absolute Gasteiger partial charge is 0.352 e. The molecule has 1 saturated carbocycles. The van der Waals surface area contributed by atoms with Crippen molar-refractivity contribution in [1.29, 1.82) is 0 Å². The molecule has 0 aromatic rings. The molecule has 5 heteroatoms. The van der Waals surface area contributed by atoms with Crippen LogP contribution in [0.3, 0.4) is 0 Å². The quantitative estimate of drug-likeness (QED) is 0.760. The Morgan fingerprint density at radius 1 is 1.11 bits per heavy atom. The van der Waals surface area contributed by atoms with E-state index in [9.17, 15) is 4.79 Å². The molecule has 2 aliphatic rings. The SMILES string of the molecule is Cl.O=C(CN1CCNCC1)NC1CCCCCC1. The number of amides is 1. The van der Waals surface area contributed by atoms with Crippen molar-refractivity contribution in [2.45, 2.75) is 44.6 Å². The van der Waals surface area contributed by atoms with Gasteiger partial charge in [-0.1, -0.05) is 25.7 Å². The molecule has 1 saturated heterocycles. The summed E-state index contributed by atoms with van der Waals surface area (Å²) in [6, 6.07) is 0.438. The third-order valence-corrected chi connectivity index (χ3v) is 3.80. The van der Waals surface area contributed by atoms with E-state index in [0.29, 0.717) is 12.6 Å². The molecule has 4 nitrogen and oxygen atoms in total. The fourth-order valence-corrected chi connectivity index (χ4v) is 2.77. The topological polar surface area (TPSA) is 44.4 Å². The van der Waals surface area contributed by atoms with Crippen molar-refractivity contribution in [2.75, 3.05) is 32.7 Å². The van der Waals surface area contributed by atoms with Crippen molar-refractivity contribution in [3.8, 4) is 0 Å². The number of carbonyl (C=O) groups is 1. The monoisotopic (exact) mass is 275 g/mol. The lowest BCUT2D eigenvalue weighted by Crippen LogP contribution is -2.48. The van der Waals surface area contributed by atoms with Crippen LogP contribution in [0, 0.1) is 0 Å². The van der Waals surface area contributed by atoms with Crippen LogP contribution in [-0.2, 0) is 4.79 Å². The number of hydrogen-bond acceptors (Lipinski definition) is 3. The summed E-state index contributed by atoms with van der Waals surface area (Å²) in [5.74, 6) is 0.221. The fourth-order valence-electron chi connectivity index (χ4n) is 2.77. The Kier molecular flexibility index (Phi) is 7.63. The summed E-state index contributed by atoms with van der Waals surface area (Å²) in [6.45, 7) is 4.60. The summed E-state index contributed by atoms with van der Waals surface area (Å²) < 4.78 is 0. The van der Waals surface area contributed by atoms with Crippen molar-refractivity contribution < 1.29 is 4.79 Å². The van der Waals surface area contributed by atoms with E-state index in [1.54, 1.807) is 0 Å². The van der Waals surface area contributed by atoms with E-state index in [4.69, 9.17) is 0 Å². The van der Waals surface area contributed by atoms with E-state index in [1.807, 2.05) is 0 Å². The van der Waals surface area contributed by atoms with Gasteiger partial charge in [0.2, 0.25) is 5.91 Å². The maximum absolute atomic E-state index is 11.9. The van der Waals surface area contributed by atoms with Gasteiger partial charge in [0.1, 0.15) is 0 Å². The molecule has 18 heavy (non-hydrogen) atoms. The first-order valence-corrected chi connectivity index (χ1v) is 7.07. The maximum Gasteiger partial charge on any atom is 0.234 e. The van der Waals surface area contributed by atoms with Gasteiger partial charge in [0, 0.05) is 32.2 Å². The van der Waals surface area contributed by atoms with Crippen molar-refractivity contribution in [3.63, 3.8) is 0 Å². The van der Waals surface area contributed by atoms with Gasteiger partial charge in [-0.15, -0.1) is 12.4 Å². The molecule has 0 unspecified atom stereocenters. The van der Waals surface area contributed by atoms with Crippen LogP contribution in [0.1, 0.15) is 38.5 Å². The smallest absolute Gasteiger partial charge is 0.234 e. The third kappa shape index (κ3) is 5.55. The molecule has 1 amide bonds. The second-order valence-electron chi connectivity index (χ2n) is 5.28. The first kappa shape index (κ1) is 15.7. The first-order valence-electron chi connectivity index (χ1n) is 7.07. The van der Waals surface area contributed by atoms with Gasteiger partial charge >= 0.3 is 0 Å². The Hall–Kier alpha value is -0.320. The van der Waals surface area contributed by atoms with Crippen LogP contribution in [0.5, 0.6) is 0 Å². The van der Waals surface area contributed by atoms with E-state index in [1.165, 1.54) is 38.5 Å². The van der Waals surface area contributed by atoms with Crippen LogP contribution >= 0.6 is 12.4 Å². The maximum atomic E-state index is 11.9. The normalized spacial score (nSPS) is 22.9. The van der Waals surface area contributed by atoms with Crippen molar-refractivity contribution in [1.82, 2.24) is 15.5 Å². The molecule has 1 aliphatic heterocycles. The molecule has 0 radical (unpaired) electrons. The Labute approximate surface area is 116 Å². The van der Waals surface area contributed by atoms with Gasteiger partial charge in [-0.25, -0.2) is 0 Å². The van der Waals surface area contributed by atoms with E-state index in [0.717, 1.165) is 26.2 Å². The van der Waals surface area contributed by atoms with Crippen LogP contribution in [0.15, 0.2) is 0 Å². The second-order valence-corrected chi connectivity index (χ2v) is 5.28. The van der Waals surface area contributed by atoms with E-state index in [-0.39, 0.29) is 18.3 Å². The summed E-state index contributed by atoms with van der Waals surface area (Å²) in [5, 5.41) is 6.51. The highest BCUT2D eigenvalue weighted by atomic mass is 35.5. The van der Waals surface area contributed by atoms with Crippen LogP contribution in [0.25, 0.3) is 0 Å². The van der Waals surface area contributed by atoms with Gasteiger partial charge in [-0.05, 0) is 12.8 Å². The minimum absolute atomic E-state index is 0. The Bertz CT molecular complexity index is 236. The third-order valence-electron chi connectivity index (χ3n) is 3.80. The molecule has 0 atom stereocenters.